The van der Waals surface area contributed by atoms with Crippen molar-refractivity contribution >= 4 is 33.5 Å². The zero-order valence-corrected chi connectivity index (χ0v) is 10.1. The van der Waals surface area contributed by atoms with Gasteiger partial charge in [0.2, 0.25) is 0 Å². The van der Waals surface area contributed by atoms with Crippen LogP contribution in [0.2, 0.25) is 0 Å². The lowest BCUT2D eigenvalue weighted by Gasteiger charge is -2.04. The van der Waals surface area contributed by atoms with Gasteiger partial charge in [-0.2, -0.15) is 4.37 Å². The second-order valence-electron chi connectivity index (χ2n) is 3.54. The number of carbonyl (C=O) groups is 2. The summed E-state index contributed by atoms with van der Waals surface area (Å²) in [5, 5.41) is 21.2. The van der Waals surface area contributed by atoms with Crippen molar-refractivity contribution in [2.24, 2.45) is 0 Å². The summed E-state index contributed by atoms with van der Waals surface area (Å²) in [4.78, 5) is 25.8. The highest BCUT2D eigenvalue weighted by Gasteiger charge is 2.18. The number of nitrogens with one attached hydrogen (secondary N) is 1. The number of carbonyl (C=O) groups excluding carboxylic acids is 1. The van der Waals surface area contributed by atoms with E-state index in [1.807, 2.05) is 0 Å². The average molecular weight is 267 g/mol. The molecule has 0 spiro atoms. The lowest BCUT2D eigenvalue weighted by Crippen LogP contribution is -2.29. The number of aromatic nitrogens is 2. The molecule has 0 radical (unpaired) electrons. The van der Waals surface area contributed by atoms with Crippen LogP contribution in [0.4, 0.5) is 0 Å². The zero-order chi connectivity index (χ0) is 13.3. The molecule has 8 heteroatoms. The minimum Gasteiger partial charge on any atom is -0.504 e. The number of aryl methyl sites for hydroxylation is 1. The molecule has 0 bridgehead atoms. The predicted molar refractivity (Wildman–Crippen MR) is 63.8 cm³/mol. The molecule has 0 saturated heterocycles. The summed E-state index contributed by atoms with van der Waals surface area (Å²) >= 11 is 1.06. The number of rotatable bonds is 3. The molecule has 0 atom stereocenters. The van der Waals surface area contributed by atoms with Gasteiger partial charge in [-0.1, -0.05) is 0 Å². The number of fused-ring (bicyclic) bond motifs is 1. The van der Waals surface area contributed by atoms with Crippen molar-refractivity contribution in [1.29, 1.82) is 0 Å². The van der Waals surface area contributed by atoms with E-state index in [0.29, 0.717) is 10.1 Å². The molecule has 0 unspecified atom stereocenters. The Hall–Kier alpha value is -2.22. The Morgan fingerprint density at radius 1 is 1.50 bits per heavy atom. The van der Waals surface area contributed by atoms with E-state index < -0.39 is 18.4 Å². The highest BCUT2D eigenvalue weighted by atomic mass is 32.1. The molecule has 2 aromatic heterocycles. The maximum Gasteiger partial charge on any atom is 0.322 e. The molecule has 3 N–H and O–H groups in total. The molecule has 0 aromatic carbocycles. The Kier molecular flexibility index (Phi) is 3.11. The lowest BCUT2D eigenvalue weighted by atomic mass is 10.2. The van der Waals surface area contributed by atoms with Gasteiger partial charge in [0.15, 0.2) is 11.4 Å². The van der Waals surface area contributed by atoms with Crippen LogP contribution in [0.15, 0.2) is 6.20 Å². The molecule has 7 nitrogen and oxygen atoms in total. The Morgan fingerprint density at radius 2 is 2.22 bits per heavy atom. The van der Waals surface area contributed by atoms with E-state index in [-0.39, 0.29) is 11.4 Å². The fourth-order valence-electron chi connectivity index (χ4n) is 1.40. The molecule has 2 rings (SSSR count). The number of amides is 1. The summed E-state index contributed by atoms with van der Waals surface area (Å²) in [7, 11) is 0. The second-order valence-corrected chi connectivity index (χ2v) is 4.32. The van der Waals surface area contributed by atoms with Crippen molar-refractivity contribution in [3.63, 3.8) is 0 Å². The van der Waals surface area contributed by atoms with Crippen LogP contribution >= 0.6 is 11.5 Å². The van der Waals surface area contributed by atoms with Crippen molar-refractivity contribution in [3.05, 3.63) is 17.6 Å². The summed E-state index contributed by atoms with van der Waals surface area (Å²) in [5.74, 6) is -2.18. The molecule has 18 heavy (non-hydrogen) atoms. The first-order chi connectivity index (χ1) is 8.50. The van der Waals surface area contributed by atoms with Gasteiger partial charge in [-0.15, -0.1) is 0 Å². The number of nitrogens with zero attached hydrogens (tertiary/aromatic N) is 2. The van der Waals surface area contributed by atoms with Crippen LogP contribution in [-0.4, -0.2) is 38.0 Å². The SMILES string of the molecule is Cc1nsc2c(O)c(C(=O)NCC(=O)O)ncc12. The molecule has 1 amide bonds. The van der Waals surface area contributed by atoms with E-state index in [4.69, 9.17) is 5.11 Å². The third-order valence-corrected chi connectivity index (χ3v) is 3.25. The molecule has 0 aliphatic rings. The number of hydrogen-bond acceptors (Lipinski definition) is 6. The normalized spacial score (nSPS) is 10.5. The first-order valence-electron chi connectivity index (χ1n) is 4.94. The first kappa shape index (κ1) is 12.2. The van der Waals surface area contributed by atoms with Crippen molar-refractivity contribution in [2.75, 3.05) is 6.54 Å². The smallest absolute Gasteiger partial charge is 0.322 e. The number of pyridine rings is 1. The summed E-state index contributed by atoms with van der Waals surface area (Å²) in [6, 6.07) is 0. The fourth-order valence-corrected chi connectivity index (χ4v) is 2.21. The fraction of sp³-hybridized carbons (Fsp3) is 0.200. The summed E-state index contributed by atoms with van der Waals surface area (Å²) in [6.07, 6.45) is 1.43. The molecular weight excluding hydrogens is 258 g/mol. The number of hydrogen-bond donors (Lipinski definition) is 3. The summed E-state index contributed by atoms with van der Waals surface area (Å²) in [5.41, 5.74) is 0.516. The van der Waals surface area contributed by atoms with Crippen LogP contribution in [0.3, 0.4) is 0 Å². The molecule has 0 saturated carbocycles. The third-order valence-electron chi connectivity index (χ3n) is 2.29. The standard InChI is InChI=1S/C10H9N3O4S/c1-4-5-2-11-7(8(16)9(5)18-13-4)10(17)12-3-6(14)15/h2,16H,3H2,1H3,(H,12,17)(H,14,15). The second kappa shape index (κ2) is 4.57. The Morgan fingerprint density at radius 3 is 2.89 bits per heavy atom. The van der Waals surface area contributed by atoms with Crippen molar-refractivity contribution in [1.82, 2.24) is 14.7 Å². The zero-order valence-electron chi connectivity index (χ0n) is 9.30. The first-order valence-corrected chi connectivity index (χ1v) is 5.72. The van der Waals surface area contributed by atoms with Gasteiger partial charge >= 0.3 is 5.97 Å². The van der Waals surface area contributed by atoms with Crippen molar-refractivity contribution in [2.45, 2.75) is 6.92 Å². The third kappa shape index (κ3) is 2.09. The molecule has 2 aromatic rings. The predicted octanol–water partition coefficient (Wildman–Crippen LogP) is 0.520. The quantitative estimate of drug-likeness (QED) is 0.747. The van der Waals surface area contributed by atoms with E-state index in [2.05, 4.69) is 14.7 Å². The molecule has 0 fully saturated rings. The summed E-state index contributed by atoms with van der Waals surface area (Å²) in [6.45, 7) is 1.24. The highest BCUT2D eigenvalue weighted by molar-refractivity contribution is 7.13. The van der Waals surface area contributed by atoms with Crippen molar-refractivity contribution in [3.8, 4) is 5.75 Å². The largest absolute Gasteiger partial charge is 0.504 e. The molecular formula is C10H9N3O4S. The Labute approximate surface area is 105 Å². The highest BCUT2D eigenvalue weighted by Crippen LogP contribution is 2.31. The maximum atomic E-state index is 11.6. The lowest BCUT2D eigenvalue weighted by molar-refractivity contribution is -0.135. The number of aromatic hydroxyl groups is 1. The molecule has 0 aliphatic heterocycles. The van der Waals surface area contributed by atoms with Crippen LogP contribution in [0.1, 0.15) is 16.2 Å². The van der Waals surface area contributed by atoms with E-state index in [9.17, 15) is 14.7 Å². The average Bonchev–Trinajstić information content (AvgIpc) is 2.69. The van der Waals surface area contributed by atoms with Crippen LogP contribution in [0, 0.1) is 6.92 Å². The molecule has 0 aliphatic carbocycles. The monoisotopic (exact) mass is 267 g/mol. The van der Waals surface area contributed by atoms with Gasteiger partial charge in [-0.3, -0.25) is 9.59 Å². The van der Waals surface area contributed by atoms with Crippen LogP contribution in [-0.2, 0) is 4.79 Å². The van der Waals surface area contributed by atoms with E-state index >= 15 is 0 Å². The van der Waals surface area contributed by atoms with Gasteiger partial charge in [0.05, 0.1) is 5.69 Å². The van der Waals surface area contributed by atoms with Gasteiger partial charge in [0.25, 0.3) is 5.91 Å². The molecule has 2 heterocycles. The van der Waals surface area contributed by atoms with Crippen LogP contribution < -0.4 is 5.32 Å². The minimum atomic E-state index is -1.17. The number of carboxylic acid groups (broad SMARTS) is 1. The van der Waals surface area contributed by atoms with Gasteiger partial charge in [-0.05, 0) is 18.5 Å². The van der Waals surface area contributed by atoms with Crippen LogP contribution in [0.5, 0.6) is 5.75 Å². The van der Waals surface area contributed by atoms with Gasteiger partial charge < -0.3 is 15.5 Å². The van der Waals surface area contributed by atoms with Gasteiger partial charge in [-0.25, -0.2) is 4.98 Å². The van der Waals surface area contributed by atoms with Crippen LogP contribution in [0.25, 0.3) is 10.1 Å². The number of aliphatic carboxylic acids is 1. The van der Waals surface area contributed by atoms with Crippen molar-refractivity contribution < 1.29 is 19.8 Å². The minimum absolute atomic E-state index is 0.201. The van der Waals surface area contributed by atoms with E-state index in [0.717, 1.165) is 17.2 Å². The van der Waals surface area contributed by atoms with Gasteiger partial charge in [0.1, 0.15) is 11.2 Å². The summed E-state index contributed by atoms with van der Waals surface area (Å²) < 4.78 is 4.51. The molecule has 94 valence electrons. The van der Waals surface area contributed by atoms with Gasteiger partial charge in [0, 0.05) is 11.6 Å². The maximum absolute atomic E-state index is 11.6. The van der Waals surface area contributed by atoms with E-state index in [1.165, 1.54) is 6.20 Å². The Balaban J connectivity index is 2.37. The van der Waals surface area contributed by atoms with E-state index in [1.54, 1.807) is 6.92 Å². The number of carboxylic acids is 1. The topological polar surface area (TPSA) is 112 Å². The Bertz CT molecular complexity index is 637.